The van der Waals surface area contributed by atoms with Crippen LogP contribution in [0.4, 0.5) is 5.69 Å². The van der Waals surface area contributed by atoms with Crippen LogP contribution in [0.5, 0.6) is 0 Å². The highest BCUT2D eigenvalue weighted by Gasteiger charge is 2.16. The van der Waals surface area contributed by atoms with Crippen LogP contribution in [0.2, 0.25) is 0 Å². The topological polar surface area (TPSA) is 81.8 Å². The van der Waals surface area contributed by atoms with E-state index in [4.69, 9.17) is 0 Å². The first-order valence-electron chi connectivity index (χ1n) is 4.66. The quantitative estimate of drug-likeness (QED) is 0.322. The smallest absolute Gasteiger partial charge is 0.362 e. The molecule has 17 heavy (non-hydrogen) atoms. The van der Waals surface area contributed by atoms with Gasteiger partial charge in [0, 0.05) is 19.1 Å². The highest BCUT2D eigenvalue weighted by Crippen LogP contribution is 2.07. The lowest BCUT2D eigenvalue weighted by Crippen LogP contribution is -1.98. The molecule has 0 aromatic heterocycles. The van der Waals surface area contributed by atoms with Gasteiger partial charge in [0.1, 0.15) is 5.70 Å². The van der Waals surface area contributed by atoms with Crippen LogP contribution >= 0.6 is 0 Å². The second-order valence-electron chi connectivity index (χ2n) is 3.06. The van der Waals surface area contributed by atoms with Crippen molar-refractivity contribution in [3.8, 4) is 0 Å². The van der Waals surface area contributed by atoms with Crippen molar-refractivity contribution >= 4 is 17.6 Å². The minimum absolute atomic E-state index is 0.137. The first kappa shape index (κ1) is 12.6. The van der Waals surface area contributed by atoms with E-state index >= 15 is 0 Å². The number of rotatable bonds is 1. The van der Waals surface area contributed by atoms with Crippen LogP contribution in [-0.4, -0.2) is 16.8 Å². The SMILES string of the molecule is C=C1N=C(C)OC1=O.O=[N+]([O-])c1ccccc1. The number of nitro benzene ring substituents is 1. The molecular formula is C11H10N2O4. The molecule has 0 spiro atoms. The average Bonchev–Trinajstić information content (AvgIpc) is 2.58. The summed E-state index contributed by atoms with van der Waals surface area (Å²) in [5, 5.41) is 10.0. The van der Waals surface area contributed by atoms with Gasteiger partial charge in [-0.1, -0.05) is 24.8 Å². The highest BCUT2D eigenvalue weighted by molar-refractivity contribution is 6.03. The Bertz CT molecular complexity index is 480. The predicted octanol–water partition coefficient (Wildman–Crippen LogP) is 2.07. The van der Waals surface area contributed by atoms with Crippen LogP contribution in [0, 0.1) is 10.1 Å². The Morgan fingerprint density at radius 3 is 2.18 bits per heavy atom. The fraction of sp³-hybridized carbons (Fsp3) is 0.0909. The highest BCUT2D eigenvalue weighted by atomic mass is 16.6. The van der Waals surface area contributed by atoms with Crippen molar-refractivity contribution in [2.75, 3.05) is 0 Å². The molecule has 0 saturated heterocycles. The number of cyclic esters (lactones) is 1. The van der Waals surface area contributed by atoms with Gasteiger partial charge in [-0.2, -0.15) is 0 Å². The Hall–Kier alpha value is -2.50. The Kier molecular flexibility index (Phi) is 4.10. The maximum absolute atomic E-state index is 10.3. The summed E-state index contributed by atoms with van der Waals surface area (Å²) in [6.07, 6.45) is 0. The Morgan fingerprint density at radius 1 is 1.35 bits per heavy atom. The standard InChI is InChI=1S/C6H5NO2.C5H5NO2/c8-7(9)6-4-2-1-3-5-6;1-3-5(7)8-4(2)6-3/h1-5H;1H2,2H3. The lowest BCUT2D eigenvalue weighted by Gasteiger charge is -1.85. The molecule has 0 radical (unpaired) electrons. The van der Waals surface area contributed by atoms with E-state index in [1.807, 2.05) is 0 Å². The van der Waals surface area contributed by atoms with E-state index in [-0.39, 0.29) is 11.4 Å². The summed E-state index contributed by atoms with van der Waals surface area (Å²) >= 11 is 0. The number of carbonyl (C=O) groups excluding carboxylic acids is 1. The molecule has 0 amide bonds. The number of aliphatic imine (C=N–C) groups is 1. The summed E-state index contributed by atoms with van der Waals surface area (Å²) in [7, 11) is 0. The van der Waals surface area contributed by atoms with E-state index in [9.17, 15) is 14.9 Å². The Labute approximate surface area is 97.4 Å². The second kappa shape index (κ2) is 5.55. The van der Waals surface area contributed by atoms with Crippen molar-refractivity contribution in [1.82, 2.24) is 0 Å². The van der Waals surface area contributed by atoms with Gasteiger partial charge >= 0.3 is 5.97 Å². The molecule has 0 fully saturated rings. The Morgan fingerprint density at radius 2 is 1.94 bits per heavy atom. The third kappa shape index (κ3) is 3.86. The van der Waals surface area contributed by atoms with Crippen molar-refractivity contribution in [3.63, 3.8) is 0 Å². The molecular weight excluding hydrogens is 224 g/mol. The molecule has 0 N–H and O–H groups in total. The van der Waals surface area contributed by atoms with Gasteiger partial charge in [-0.25, -0.2) is 9.79 Å². The number of ether oxygens (including phenoxy) is 1. The number of non-ortho nitro benzene ring substituents is 1. The average molecular weight is 234 g/mol. The van der Waals surface area contributed by atoms with Crippen molar-refractivity contribution in [1.29, 1.82) is 0 Å². The van der Waals surface area contributed by atoms with Gasteiger partial charge in [0.05, 0.1) is 4.92 Å². The molecule has 1 aromatic carbocycles. The van der Waals surface area contributed by atoms with E-state index in [1.165, 1.54) is 12.1 Å². The summed E-state index contributed by atoms with van der Waals surface area (Å²) in [5.41, 5.74) is 0.319. The largest absolute Gasteiger partial charge is 0.407 e. The van der Waals surface area contributed by atoms with Crippen LogP contribution in [0.1, 0.15) is 6.92 Å². The molecule has 2 rings (SSSR count). The normalized spacial score (nSPS) is 13.4. The second-order valence-corrected chi connectivity index (χ2v) is 3.06. The van der Waals surface area contributed by atoms with Crippen LogP contribution in [0.25, 0.3) is 0 Å². The number of carbonyl (C=O) groups is 1. The molecule has 0 atom stereocenters. The fourth-order valence-electron chi connectivity index (χ4n) is 1.00. The number of hydrogen-bond donors (Lipinski definition) is 0. The maximum Gasteiger partial charge on any atom is 0.362 e. The number of nitro groups is 1. The zero-order chi connectivity index (χ0) is 12.8. The van der Waals surface area contributed by atoms with Crippen LogP contribution < -0.4 is 0 Å². The monoisotopic (exact) mass is 234 g/mol. The van der Waals surface area contributed by atoms with Crippen molar-refractivity contribution in [2.45, 2.75) is 6.92 Å². The minimum Gasteiger partial charge on any atom is -0.407 e. The van der Waals surface area contributed by atoms with E-state index in [1.54, 1.807) is 25.1 Å². The minimum atomic E-state index is -0.442. The van der Waals surface area contributed by atoms with Gasteiger partial charge < -0.3 is 4.74 Å². The van der Waals surface area contributed by atoms with E-state index in [0.717, 1.165) is 0 Å². The van der Waals surface area contributed by atoms with Gasteiger partial charge in [-0.15, -0.1) is 0 Å². The first-order valence-corrected chi connectivity index (χ1v) is 4.66. The summed E-state index contributed by atoms with van der Waals surface area (Å²) in [4.78, 5) is 23.6. The first-order chi connectivity index (χ1) is 8.00. The summed E-state index contributed by atoms with van der Waals surface area (Å²) in [6.45, 7) is 4.93. The van der Waals surface area contributed by atoms with Crippen molar-refractivity contribution in [2.24, 2.45) is 4.99 Å². The summed E-state index contributed by atoms with van der Waals surface area (Å²) in [5.74, 6) is -0.0671. The third-order valence-corrected chi connectivity index (χ3v) is 1.74. The number of esters is 1. The number of benzene rings is 1. The van der Waals surface area contributed by atoms with Gasteiger partial charge in [-0.05, 0) is 0 Å². The van der Waals surface area contributed by atoms with Gasteiger partial charge in [-0.3, -0.25) is 10.1 Å². The summed E-state index contributed by atoms with van der Waals surface area (Å²) in [6, 6.07) is 7.93. The molecule has 0 aliphatic carbocycles. The van der Waals surface area contributed by atoms with E-state index in [2.05, 4.69) is 16.3 Å². The molecule has 1 aromatic rings. The number of para-hydroxylation sites is 1. The van der Waals surface area contributed by atoms with E-state index in [0.29, 0.717) is 5.90 Å². The molecule has 0 unspecified atom stereocenters. The van der Waals surface area contributed by atoms with Gasteiger partial charge in [0.15, 0.2) is 5.90 Å². The number of nitrogens with zero attached hydrogens (tertiary/aromatic N) is 2. The molecule has 0 bridgehead atoms. The lowest BCUT2D eigenvalue weighted by molar-refractivity contribution is -0.384. The molecule has 88 valence electrons. The number of hydrogen-bond acceptors (Lipinski definition) is 5. The fourth-order valence-corrected chi connectivity index (χ4v) is 1.00. The zero-order valence-electron chi connectivity index (χ0n) is 9.12. The molecule has 6 nitrogen and oxygen atoms in total. The lowest BCUT2D eigenvalue weighted by atomic mass is 10.3. The predicted molar refractivity (Wildman–Crippen MR) is 61.4 cm³/mol. The summed E-state index contributed by atoms with van der Waals surface area (Å²) < 4.78 is 4.48. The zero-order valence-corrected chi connectivity index (χ0v) is 9.12. The molecule has 1 aliphatic heterocycles. The maximum atomic E-state index is 10.3. The van der Waals surface area contributed by atoms with Gasteiger partial charge in [0.2, 0.25) is 0 Å². The molecule has 1 heterocycles. The van der Waals surface area contributed by atoms with Gasteiger partial charge in [0.25, 0.3) is 5.69 Å². The third-order valence-electron chi connectivity index (χ3n) is 1.74. The van der Waals surface area contributed by atoms with Crippen LogP contribution in [-0.2, 0) is 9.53 Å². The molecule has 1 aliphatic rings. The van der Waals surface area contributed by atoms with Crippen molar-refractivity contribution < 1.29 is 14.5 Å². The van der Waals surface area contributed by atoms with E-state index < -0.39 is 10.9 Å². The molecule has 6 heteroatoms. The Balaban J connectivity index is 0.000000171. The molecule has 0 saturated carbocycles. The van der Waals surface area contributed by atoms with Crippen molar-refractivity contribution in [3.05, 3.63) is 52.7 Å². The van der Waals surface area contributed by atoms with Crippen LogP contribution in [0.15, 0.2) is 47.6 Å². The van der Waals surface area contributed by atoms with Crippen LogP contribution in [0.3, 0.4) is 0 Å².